The van der Waals surface area contributed by atoms with Crippen molar-refractivity contribution in [1.29, 1.82) is 0 Å². The molecule has 76 valence electrons. The first-order valence-corrected chi connectivity index (χ1v) is 5.19. The molecule has 0 aromatic rings. The molecular formula is C11H21NO. The van der Waals surface area contributed by atoms with Crippen molar-refractivity contribution in [2.75, 3.05) is 13.2 Å². The van der Waals surface area contributed by atoms with Gasteiger partial charge in [0.2, 0.25) is 0 Å². The fraction of sp³-hybridized carbons (Fsp3) is 0.818. The Morgan fingerprint density at radius 3 is 2.62 bits per heavy atom. The summed E-state index contributed by atoms with van der Waals surface area (Å²) in [6.07, 6.45) is 6.77. The van der Waals surface area contributed by atoms with Gasteiger partial charge in [-0.15, -0.1) is 6.58 Å². The van der Waals surface area contributed by atoms with Crippen LogP contribution in [0.1, 0.15) is 32.6 Å². The molecular weight excluding hydrogens is 162 g/mol. The molecule has 0 aromatic heterocycles. The summed E-state index contributed by atoms with van der Waals surface area (Å²) in [5, 5.41) is 12.7. The average Bonchev–Trinajstić information content (AvgIpc) is 2.63. The molecule has 13 heavy (non-hydrogen) atoms. The van der Waals surface area contributed by atoms with Crippen LogP contribution in [0.4, 0.5) is 0 Å². The van der Waals surface area contributed by atoms with Gasteiger partial charge in [-0.1, -0.05) is 18.9 Å². The highest BCUT2D eigenvalue weighted by molar-refractivity contribution is 4.89. The second-order valence-electron chi connectivity index (χ2n) is 4.27. The van der Waals surface area contributed by atoms with E-state index in [1.54, 1.807) is 0 Å². The van der Waals surface area contributed by atoms with Crippen molar-refractivity contribution in [2.24, 2.45) is 5.41 Å². The maximum atomic E-state index is 9.34. The summed E-state index contributed by atoms with van der Waals surface area (Å²) in [5.74, 6) is 0. The van der Waals surface area contributed by atoms with Crippen molar-refractivity contribution in [1.82, 2.24) is 5.32 Å². The third-order valence-electron chi connectivity index (χ3n) is 3.15. The summed E-state index contributed by atoms with van der Waals surface area (Å²) in [7, 11) is 0. The number of rotatable bonds is 5. The van der Waals surface area contributed by atoms with E-state index in [0.717, 1.165) is 6.54 Å². The van der Waals surface area contributed by atoms with Gasteiger partial charge in [0.1, 0.15) is 0 Å². The highest BCUT2D eigenvalue weighted by Crippen LogP contribution is 2.36. The molecule has 0 amide bonds. The van der Waals surface area contributed by atoms with Crippen LogP contribution in [0.15, 0.2) is 12.7 Å². The Morgan fingerprint density at radius 1 is 1.54 bits per heavy atom. The SMILES string of the molecule is C=CC(C)NCC1(CO)CCCC1. The molecule has 0 aromatic carbocycles. The van der Waals surface area contributed by atoms with E-state index < -0.39 is 0 Å². The average molecular weight is 183 g/mol. The molecule has 1 aliphatic rings. The molecule has 0 heterocycles. The van der Waals surface area contributed by atoms with E-state index >= 15 is 0 Å². The van der Waals surface area contributed by atoms with Crippen LogP contribution < -0.4 is 5.32 Å². The van der Waals surface area contributed by atoms with Crippen LogP contribution in [-0.2, 0) is 0 Å². The summed E-state index contributed by atoms with van der Waals surface area (Å²) in [4.78, 5) is 0. The highest BCUT2D eigenvalue weighted by Gasteiger charge is 2.32. The van der Waals surface area contributed by atoms with Gasteiger partial charge >= 0.3 is 0 Å². The lowest BCUT2D eigenvalue weighted by Gasteiger charge is -2.28. The maximum absolute atomic E-state index is 9.34. The summed E-state index contributed by atoms with van der Waals surface area (Å²) in [6.45, 7) is 7.07. The van der Waals surface area contributed by atoms with Gasteiger partial charge < -0.3 is 10.4 Å². The third-order valence-corrected chi connectivity index (χ3v) is 3.15. The zero-order valence-corrected chi connectivity index (χ0v) is 8.55. The van der Waals surface area contributed by atoms with Crippen LogP contribution in [0.2, 0.25) is 0 Å². The van der Waals surface area contributed by atoms with Crippen molar-refractivity contribution < 1.29 is 5.11 Å². The first-order chi connectivity index (χ1) is 6.22. The van der Waals surface area contributed by atoms with Crippen molar-refractivity contribution in [2.45, 2.75) is 38.6 Å². The quantitative estimate of drug-likeness (QED) is 0.636. The van der Waals surface area contributed by atoms with Gasteiger partial charge in [0.15, 0.2) is 0 Å². The summed E-state index contributed by atoms with van der Waals surface area (Å²) in [5.41, 5.74) is 0.164. The number of hydrogen-bond acceptors (Lipinski definition) is 2. The van der Waals surface area contributed by atoms with Gasteiger partial charge in [0.05, 0.1) is 0 Å². The van der Waals surface area contributed by atoms with E-state index in [1.807, 2.05) is 6.08 Å². The van der Waals surface area contributed by atoms with Crippen LogP contribution in [0.25, 0.3) is 0 Å². The number of aliphatic hydroxyl groups is 1. The lowest BCUT2D eigenvalue weighted by molar-refractivity contribution is 0.127. The minimum atomic E-state index is 0.164. The van der Waals surface area contributed by atoms with Gasteiger partial charge in [-0.05, 0) is 19.8 Å². The van der Waals surface area contributed by atoms with Gasteiger partial charge in [-0.2, -0.15) is 0 Å². The zero-order valence-electron chi connectivity index (χ0n) is 8.55. The molecule has 0 saturated heterocycles. The monoisotopic (exact) mass is 183 g/mol. The Balaban J connectivity index is 2.35. The standard InChI is InChI=1S/C11H21NO/c1-3-10(2)12-8-11(9-13)6-4-5-7-11/h3,10,12-13H,1,4-9H2,2H3. The van der Waals surface area contributed by atoms with Crippen molar-refractivity contribution in [3.05, 3.63) is 12.7 Å². The molecule has 2 N–H and O–H groups in total. The van der Waals surface area contributed by atoms with Crippen molar-refractivity contribution in [3.8, 4) is 0 Å². The predicted molar refractivity (Wildman–Crippen MR) is 55.6 cm³/mol. The van der Waals surface area contributed by atoms with Gasteiger partial charge in [-0.3, -0.25) is 0 Å². The number of nitrogens with one attached hydrogen (secondary N) is 1. The van der Waals surface area contributed by atoms with E-state index in [1.165, 1.54) is 25.7 Å². The van der Waals surface area contributed by atoms with Crippen LogP contribution in [-0.4, -0.2) is 24.3 Å². The molecule has 2 nitrogen and oxygen atoms in total. The first kappa shape index (κ1) is 10.7. The minimum Gasteiger partial charge on any atom is -0.396 e. The molecule has 1 saturated carbocycles. The van der Waals surface area contributed by atoms with Gasteiger partial charge in [0.25, 0.3) is 0 Å². The van der Waals surface area contributed by atoms with E-state index in [-0.39, 0.29) is 5.41 Å². The Bertz CT molecular complexity index is 161. The topological polar surface area (TPSA) is 32.3 Å². The Morgan fingerprint density at radius 2 is 2.15 bits per heavy atom. The van der Waals surface area contributed by atoms with E-state index in [0.29, 0.717) is 12.6 Å². The zero-order chi connectivity index (χ0) is 9.73. The lowest BCUT2D eigenvalue weighted by atomic mass is 9.87. The van der Waals surface area contributed by atoms with E-state index in [2.05, 4.69) is 18.8 Å². The normalized spacial score (nSPS) is 22.9. The third kappa shape index (κ3) is 2.82. The second-order valence-corrected chi connectivity index (χ2v) is 4.27. The van der Waals surface area contributed by atoms with Crippen LogP contribution in [0, 0.1) is 5.41 Å². The number of hydrogen-bond donors (Lipinski definition) is 2. The molecule has 0 aliphatic heterocycles. The molecule has 1 aliphatic carbocycles. The Labute approximate surface area is 81.0 Å². The molecule has 1 unspecified atom stereocenters. The largest absolute Gasteiger partial charge is 0.396 e. The molecule has 0 bridgehead atoms. The van der Waals surface area contributed by atoms with Crippen molar-refractivity contribution in [3.63, 3.8) is 0 Å². The Hall–Kier alpha value is -0.340. The summed E-state index contributed by atoms with van der Waals surface area (Å²) < 4.78 is 0. The van der Waals surface area contributed by atoms with Crippen LogP contribution in [0.5, 0.6) is 0 Å². The van der Waals surface area contributed by atoms with Crippen LogP contribution in [0.3, 0.4) is 0 Å². The molecule has 1 fully saturated rings. The Kier molecular flexibility index (Phi) is 3.94. The maximum Gasteiger partial charge on any atom is 0.0499 e. The minimum absolute atomic E-state index is 0.164. The second kappa shape index (κ2) is 4.77. The number of aliphatic hydroxyl groups excluding tert-OH is 1. The molecule has 0 spiro atoms. The van der Waals surface area contributed by atoms with E-state index in [4.69, 9.17) is 0 Å². The molecule has 0 radical (unpaired) electrons. The van der Waals surface area contributed by atoms with E-state index in [9.17, 15) is 5.11 Å². The first-order valence-electron chi connectivity index (χ1n) is 5.19. The van der Waals surface area contributed by atoms with Crippen molar-refractivity contribution >= 4 is 0 Å². The van der Waals surface area contributed by atoms with Crippen LogP contribution >= 0.6 is 0 Å². The highest BCUT2D eigenvalue weighted by atomic mass is 16.3. The summed E-state index contributed by atoms with van der Waals surface area (Å²) >= 11 is 0. The smallest absolute Gasteiger partial charge is 0.0499 e. The van der Waals surface area contributed by atoms with Gasteiger partial charge in [-0.25, -0.2) is 0 Å². The van der Waals surface area contributed by atoms with Gasteiger partial charge in [0, 0.05) is 24.6 Å². The molecule has 1 atom stereocenters. The lowest BCUT2D eigenvalue weighted by Crippen LogP contribution is -2.38. The predicted octanol–water partition coefficient (Wildman–Crippen LogP) is 1.70. The fourth-order valence-corrected chi connectivity index (χ4v) is 1.98. The molecule has 1 rings (SSSR count). The fourth-order valence-electron chi connectivity index (χ4n) is 1.98. The summed E-state index contributed by atoms with van der Waals surface area (Å²) in [6, 6.07) is 0.351. The molecule has 2 heteroatoms.